The smallest absolute Gasteiger partial charge is 0.254 e. The van der Waals surface area contributed by atoms with E-state index in [-0.39, 0.29) is 17.2 Å². The molecule has 2 rings (SSSR count). The molecule has 0 saturated carbocycles. The van der Waals surface area contributed by atoms with E-state index in [0.29, 0.717) is 5.69 Å². The third-order valence-electron chi connectivity index (χ3n) is 3.17. The summed E-state index contributed by atoms with van der Waals surface area (Å²) in [5.41, 5.74) is 19.1. The number of H-pyrrole nitrogens is 1. The van der Waals surface area contributed by atoms with Gasteiger partial charge in [0.2, 0.25) is 0 Å². The van der Waals surface area contributed by atoms with Gasteiger partial charge < -0.3 is 27.2 Å². The number of amides is 1. The molecule has 0 spiro atoms. The first kappa shape index (κ1) is 18.3. The zero-order valence-corrected chi connectivity index (χ0v) is 14.6. The van der Waals surface area contributed by atoms with E-state index in [0.717, 1.165) is 17.0 Å². The van der Waals surface area contributed by atoms with Gasteiger partial charge in [-0.15, -0.1) is 0 Å². The van der Waals surface area contributed by atoms with E-state index in [1.807, 2.05) is 24.3 Å². The van der Waals surface area contributed by atoms with Gasteiger partial charge in [-0.3, -0.25) is 9.89 Å². The van der Waals surface area contributed by atoms with Gasteiger partial charge in [0.25, 0.3) is 5.91 Å². The molecule has 1 aromatic heterocycles. The summed E-state index contributed by atoms with van der Waals surface area (Å²) in [5.74, 6) is 0.873. The Hall–Kier alpha value is -3.07. The van der Waals surface area contributed by atoms with Gasteiger partial charge in [-0.05, 0) is 30.5 Å². The minimum absolute atomic E-state index is 0.233. The van der Waals surface area contributed by atoms with E-state index < -0.39 is 5.91 Å². The molecular weight excluding hydrogens is 338 g/mol. The standard InChI is InChI=1S/C16H21N7OS/c1-2-25-23-11-7-5-10(6-8-11)14-13(15(19)24)16(22-21-14)20-12(18)4-3-9-17/h3-9,23H,2,17-18H2,1H3,(H2,19,24)(H2,20,21,22)/b9-3-,12-4+. The number of carbonyl (C=O) groups is 1. The lowest BCUT2D eigenvalue weighted by molar-refractivity contribution is 0.100. The van der Waals surface area contributed by atoms with E-state index in [4.69, 9.17) is 17.2 Å². The van der Waals surface area contributed by atoms with Crippen molar-refractivity contribution in [2.75, 3.05) is 15.8 Å². The average molecular weight is 359 g/mol. The SMILES string of the molecule is CCSNc1ccc(-c2[nH]nc(N/C(N)=C/C=C\N)c2C(N)=O)cc1. The normalized spacial score (nSPS) is 11.6. The largest absolute Gasteiger partial charge is 0.405 e. The Balaban J connectivity index is 2.31. The second kappa shape index (κ2) is 8.69. The summed E-state index contributed by atoms with van der Waals surface area (Å²) < 4.78 is 3.21. The van der Waals surface area contributed by atoms with Crippen LogP contribution in [0.2, 0.25) is 0 Å². The lowest BCUT2D eigenvalue weighted by Gasteiger charge is -2.07. The Kier molecular flexibility index (Phi) is 6.35. The van der Waals surface area contributed by atoms with Crippen molar-refractivity contribution in [1.82, 2.24) is 10.2 Å². The highest BCUT2D eigenvalue weighted by atomic mass is 32.2. The van der Waals surface area contributed by atoms with Crippen molar-refractivity contribution < 1.29 is 4.79 Å². The van der Waals surface area contributed by atoms with Crippen molar-refractivity contribution in [1.29, 1.82) is 0 Å². The molecule has 132 valence electrons. The first-order valence-electron chi connectivity index (χ1n) is 7.54. The second-order valence-corrected chi connectivity index (χ2v) is 6.00. The lowest BCUT2D eigenvalue weighted by Crippen LogP contribution is -2.16. The molecule has 0 aliphatic heterocycles. The highest BCUT2D eigenvalue weighted by molar-refractivity contribution is 8.00. The van der Waals surface area contributed by atoms with Crippen molar-refractivity contribution in [2.45, 2.75) is 6.92 Å². The van der Waals surface area contributed by atoms with Crippen LogP contribution in [0, 0.1) is 0 Å². The predicted molar refractivity (Wildman–Crippen MR) is 104 cm³/mol. The van der Waals surface area contributed by atoms with Gasteiger partial charge in [0.15, 0.2) is 5.82 Å². The molecule has 0 unspecified atom stereocenters. The summed E-state index contributed by atoms with van der Waals surface area (Å²) in [5, 5.41) is 9.76. The molecule has 1 amide bonds. The highest BCUT2D eigenvalue weighted by Crippen LogP contribution is 2.28. The molecule has 0 radical (unpaired) electrons. The van der Waals surface area contributed by atoms with Crippen LogP contribution in [-0.2, 0) is 0 Å². The van der Waals surface area contributed by atoms with E-state index >= 15 is 0 Å². The summed E-state index contributed by atoms with van der Waals surface area (Å²) in [6.45, 7) is 2.06. The number of carbonyl (C=O) groups excluding carboxylic acids is 1. The summed E-state index contributed by atoms with van der Waals surface area (Å²) in [4.78, 5) is 11.9. The molecule has 9 N–H and O–H groups in total. The summed E-state index contributed by atoms with van der Waals surface area (Å²) >= 11 is 1.60. The molecule has 0 bridgehead atoms. The Morgan fingerprint density at radius 1 is 1.32 bits per heavy atom. The van der Waals surface area contributed by atoms with E-state index in [1.165, 1.54) is 6.20 Å². The van der Waals surface area contributed by atoms with Crippen LogP contribution < -0.4 is 27.2 Å². The van der Waals surface area contributed by atoms with Gasteiger partial charge in [0, 0.05) is 17.0 Å². The molecule has 2 aromatic rings. The summed E-state index contributed by atoms with van der Waals surface area (Å²) in [7, 11) is 0. The van der Waals surface area contributed by atoms with Crippen LogP contribution in [-0.4, -0.2) is 21.9 Å². The number of primary amides is 1. The highest BCUT2D eigenvalue weighted by Gasteiger charge is 2.19. The fraction of sp³-hybridized carbons (Fsp3) is 0.125. The molecule has 0 saturated heterocycles. The maximum atomic E-state index is 11.9. The quantitative estimate of drug-likeness (QED) is 0.312. The van der Waals surface area contributed by atoms with Crippen LogP contribution in [0.15, 0.2) is 48.4 Å². The van der Waals surface area contributed by atoms with Gasteiger partial charge in [0.1, 0.15) is 11.4 Å². The van der Waals surface area contributed by atoms with Crippen molar-refractivity contribution in [3.8, 4) is 11.3 Å². The first-order valence-corrected chi connectivity index (χ1v) is 8.52. The number of hydrogen-bond acceptors (Lipinski definition) is 7. The van der Waals surface area contributed by atoms with Crippen LogP contribution in [0.4, 0.5) is 11.5 Å². The fourth-order valence-electron chi connectivity index (χ4n) is 2.08. The predicted octanol–water partition coefficient (Wildman–Crippen LogP) is 1.94. The minimum atomic E-state index is -0.614. The lowest BCUT2D eigenvalue weighted by atomic mass is 10.1. The Morgan fingerprint density at radius 3 is 2.64 bits per heavy atom. The Morgan fingerprint density at radius 2 is 2.04 bits per heavy atom. The fourth-order valence-corrected chi connectivity index (χ4v) is 2.53. The number of hydrogen-bond donors (Lipinski definition) is 6. The molecular formula is C16H21N7OS. The van der Waals surface area contributed by atoms with Gasteiger partial charge in [-0.25, -0.2) is 0 Å². The number of nitrogens with zero attached hydrogens (tertiary/aromatic N) is 1. The molecule has 0 aliphatic carbocycles. The van der Waals surface area contributed by atoms with Gasteiger partial charge >= 0.3 is 0 Å². The summed E-state index contributed by atoms with van der Waals surface area (Å²) in [6.07, 6.45) is 4.44. The molecule has 8 nitrogen and oxygen atoms in total. The Labute approximate surface area is 150 Å². The number of allylic oxidation sites excluding steroid dienone is 2. The molecule has 1 aromatic carbocycles. The zero-order valence-electron chi connectivity index (χ0n) is 13.7. The Bertz CT molecular complexity index is 780. The monoisotopic (exact) mass is 359 g/mol. The van der Waals surface area contributed by atoms with Crippen LogP contribution >= 0.6 is 11.9 Å². The molecule has 0 aliphatic rings. The summed E-state index contributed by atoms with van der Waals surface area (Å²) in [6, 6.07) is 7.57. The molecule has 1 heterocycles. The number of nitrogens with one attached hydrogen (secondary N) is 3. The third-order valence-corrected chi connectivity index (χ3v) is 3.84. The van der Waals surface area contributed by atoms with Crippen LogP contribution in [0.25, 0.3) is 11.3 Å². The molecule has 9 heteroatoms. The molecule has 0 atom stereocenters. The van der Waals surface area contributed by atoms with E-state index in [9.17, 15) is 4.79 Å². The maximum Gasteiger partial charge on any atom is 0.254 e. The number of rotatable bonds is 8. The van der Waals surface area contributed by atoms with Gasteiger partial charge in [-0.2, -0.15) is 5.10 Å². The van der Waals surface area contributed by atoms with Crippen molar-refractivity contribution in [3.05, 3.63) is 54.0 Å². The van der Waals surface area contributed by atoms with E-state index in [1.54, 1.807) is 24.1 Å². The minimum Gasteiger partial charge on any atom is -0.405 e. The topological polar surface area (TPSA) is 148 Å². The second-order valence-electron chi connectivity index (χ2n) is 4.93. The van der Waals surface area contributed by atoms with Crippen molar-refractivity contribution in [2.24, 2.45) is 17.2 Å². The number of anilines is 2. The van der Waals surface area contributed by atoms with Crippen molar-refractivity contribution >= 4 is 29.4 Å². The maximum absolute atomic E-state index is 11.9. The van der Waals surface area contributed by atoms with Gasteiger partial charge in [0.05, 0.1) is 5.69 Å². The first-order chi connectivity index (χ1) is 12.1. The number of aromatic amines is 1. The van der Waals surface area contributed by atoms with Gasteiger partial charge in [-0.1, -0.05) is 31.0 Å². The van der Waals surface area contributed by atoms with Crippen LogP contribution in [0.5, 0.6) is 0 Å². The molecule has 0 fully saturated rings. The van der Waals surface area contributed by atoms with Crippen molar-refractivity contribution in [3.63, 3.8) is 0 Å². The zero-order chi connectivity index (χ0) is 18.2. The van der Waals surface area contributed by atoms with E-state index in [2.05, 4.69) is 27.2 Å². The average Bonchev–Trinajstić information content (AvgIpc) is 3.02. The molecule has 25 heavy (non-hydrogen) atoms. The van der Waals surface area contributed by atoms with Crippen LogP contribution in [0.1, 0.15) is 17.3 Å². The van der Waals surface area contributed by atoms with Crippen LogP contribution in [0.3, 0.4) is 0 Å². The number of nitrogens with two attached hydrogens (primary N) is 3. The number of aromatic nitrogens is 2. The third kappa shape index (κ3) is 4.70. The number of benzene rings is 1.